The van der Waals surface area contributed by atoms with Crippen molar-refractivity contribution in [2.75, 3.05) is 11.1 Å². The Bertz CT molecular complexity index is 966. The Labute approximate surface area is 173 Å². The van der Waals surface area contributed by atoms with Gasteiger partial charge < -0.3 is 10.1 Å². The first-order valence-electron chi connectivity index (χ1n) is 8.17. The second-order valence-electron chi connectivity index (χ2n) is 5.67. The lowest BCUT2D eigenvalue weighted by molar-refractivity contribution is -0.274. The normalized spacial score (nSPS) is 11.2. The summed E-state index contributed by atoms with van der Waals surface area (Å²) in [5.74, 6) is -0.625. The van der Waals surface area contributed by atoms with Gasteiger partial charge in [-0.3, -0.25) is 4.79 Å². The Kier molecular flexibility index (Phi) is 6.60. The molecule has 3 aromatic rings. The molecule has 0 saturated carbocycles. The molecule has 0 bridgehead atoms. The molecule has 1 amide bonds. The van der Waals surface area contributed by atoms with Gasteiger partial charge in [-0.2, -0.15) is 0 Å². The van der Waals surface area contributed by atoms with Crippen LogP contribution in [0.1, 0.15) is 0 Å². The van der Waals surface area contributed by atoms with Gasteiger partial charge in [-0.15, -0.1) is 23.4 Å². The van der Waals surface area contributed by atoms with Gasteiger partial charge >= 0.3 is 6.36 Å². The fourth-order valence-corrected chi connectivity index (χ4v) is 2.99. The fourth-order valence-electron chi connectivity index (χ4n) is 2.25. The minimum Gasteiger partial charge on any atom is -0.406 e. The quantitative estimate of drug-likeness (QED) is 0.519. The van der Waals surface area contributed by atoms with Crippen molar-refractivity contribution in [2.45, 2.75) is 11.4 Å². The molecule has 5 nitrogen and oxygen atoms in total. The Morgan fingerprint density at radius 1 is 1.00 bits per heavy atom. The van der Waals surface area contributed by atoms with Crippen LogP contribution in [0.3, 0.4) is 0 Å². The number of hydrogen-bond acceptors (Lipinski definition) is 5. The van der Waals surface area contributed by atoms with Crippen LogP contribution in [0, 0.1) is 0 Å². The molecule has 29 heavy (non-hydrogen) atoms. The van der Waals surface area contributed by atoms with Crippen LogP contribution in [0.15, 0.2) is 65.7 Å². The van der Waals surface area contributed by atoms with Gasteiger partial charge in [-0.1, -0.05) is 35.5 Å². The number of nitrogens with zero attached hydrogens (tertiary/aromatic N) is 2. The molecule has 0 aliphatic rings. The van der Waals surface area contributed by atoms with E-state index in [9.17, 15) is 18.0 Å². The highest BCUT2D eigenvalue weighted by molar-refractivity contribution is 7.99. The summed E-state index contributed by atoms with van der Waals surface area (Å²) in [6, 6.07) is 15.6. The number of benzene rings is 2. The molecule has 0 atom stereocenters. The lowest BCUT2D eigenvalue weighted by Gasteiger charge is -2.10. The second-order valence-corrected chi connectivity index (χ2v) is 7.10. The molecule has 0 radical (unpaired) electrons. The smallest absolute Gasteiger partial charge is 0.406 e. The predicted molar refractivity (Wildman–Crippen MR) is 105 cm³/mol. The molecule has 0 aliphatic heterocycles. The van der Waals surface area contributed by atoms with Crippen molar-refractivity contribution in [1.82, 2.24) is 10.2 Å². The maximum atomic E-state index is 12.1. The van der Waals surface area contributed by atoms with Crippen molar-refractivity contribution < 1.29 is 22.7 Å². The molecule has 0 aliphatic carbocycles. The molecule has 1 aromatic heterocycles. The van der Waals surface area contributed by atoms with Crippen LogP contribution >= 0.6 is 23.4 Å². The third kappa shape index (κ3) is 6.65. The molecule has 0 fully saturated rings. The highest BCUT2D eigenvalue weighted by atomic mass is 35.5. The van der Waals surface area contributed by atoms with Crippen molar-refractivity contribution in [3.63, 3.8) is 0 Å². The lowest BCUT2D eigenvalue weighted by Crippen LogP contribution is -2.17. The zero-order valence-electron chi connectivity index (χ0n) is 14.6. The third-order valence-corrected chi connectivity index (χ3v) is 4.67. The number of ether oxygens (including phenoxy) is 1. The first-order valence-corrected chi connectivity index (χ1v) is 9.53. The lowest BCUT2D eigenvalue weighted by atomic mass is 10.1. The number of amides is 1. The van der Waals surface area contributed by atoms with E-state index < -0.39 is 6.36 Å². The van der Waals surface area contributed by atoms with Gasteiger partial charge in [0.2, 0.25) is 5.91 Å². The van der Waals surface area contributed by atoms with Crippen LogP contribution in [-0.2, 0) is 4.79 Å². The summed E-state index contributed by atoms with van der Waals surface area (Å²) in [7, 11) is 0. The number of rotatable bonds is 6. The standard InChI is InChI=1S/C19H13ClF3N3O2S/c20-13-3-1-12(2-4-13)16-9-10-18(26-25-16)29-11-17(27)24-14-5-7-15(8-6-14)28-19(21,22)23/h1-10H,11H2,(H,24,27). The molecule has 1 heterocycles. The number of nitrogens with one attached hydrogen (secondary N) is 1. The van der Waals surface area contributed by atoms with Crippen molar-refractivity contribution in [1.29, 1.82) is 0 Å². The molecule has 2 aromatic carbocycles. The highest BCUT2D eigenvalue weighted by Crippen LogP contribution is 2.25. The molecule has 3 rings (SSSR count). The predicted octanol–water partition coefficient (Wildman–Crippen LogP) is 5.43. The second kappa shape index (κ2) is 9.15. The topological polar surface area (TPSA) is 64.1 Å². The number of thioether (sulfide) groups is 1. The number of alkyl halides is 3. The number of anilines is 1. The van der Waals surface area contributed by atoms with Crippen LogP contribution < -0.4 is 10.1 Å². The third-order valence-electron chi connectivity index (χ3n) is 3.50. The molecule has 150 valence electrons. The Morgan fingerprint density at radius 2 is 1.69 bits per heavy atom. The van der Waals surface area contributed by atoms with E-state index in [2.05, 4.69) is 20.3 Å². The number of carbonyl (C=O) groups is 1. The summed E-state index contributed by atoms with van der Waals surface area (Å²) in [4.78, 5) is 12.0. The minimum absolute atomic E-state index is 0.0653. The van der Waals surface area contributed by atoms with Gasteiger partial charge in [-0.25, -0.2) is 0 Å². The SMILES string of the molecule is O=C(CSc1ccc(-c2ccc(Cl)cc2)nn1)Nc1ccc(OC(F)(F)F)cc1. The Hall–Kier alpha value is -2.78. The van der Waals surface area contributed by atoms with E-state index in [1.807, 2.05) is 12.1 Å². The summed E-state index contributed by atoms with van der Waals surface area (Å²) >= 11 is 7.04. The highest BCUT2D eigenvalue weighted by Gasteiger charge is 2.30. The Morgan fingerprint density at radius 3 is 2.28 bits per heavy atom. The van der Waals surface area contributed by atoms with E-state index in [4.69, 9.17) is 11.6 Å². The van der Waals surface area contributed by atoms with Crippen molar-refractivity contribution in [3.05, 3.63) is 65.7 Å². The minimum atomic E-state index is -4.76. The zero-order valence-corrected chi connectivity index (χ0v) is 16.2. The van der Waals surface area contributed by atoms with E-state index in [0.717, 1.165) is 17.7 Å². The van der Waals surface area contributed by atoms with Crippen molar-refractivity contribution in [3.8, 4) is 17.0 Å². The maximum absolute atomic E-state index is 12.1. The van der Waals surface area contributed by atoms with E-state index >= 15 is 0 Å². The maximum Gasteiger partial charge on any atom is 0.573 e. The fraction of sp³-hybridized carbons (Fsp3) is 0.105. The molecule has 0 saturated heterocycles. The molecular weight excluding hydrogens is 427 g/mol. The first-order chi connectivity index (χ1) is 13.8. The number of aromatic nitrogens is 2. The van der Waals surface area contributed by atoms with Crippen LogP contribution in [0.25, 0.3) is 11.3 Å². The van der Waals surface area contributed by atoms with Crippen LogP contribution in [0.2, 0.25) is 5.02 Å². The summed E-state index contributed by atoms with van der Waals surface area (Å²) in [6.07, 6.45) is -4.76. The summed E-state index contributed by atoms with van der Waals surface area (Å²) in [5, 5.41) is 12.0. The van der Waals surface area contributed by atoms with Crippen molar-refractivity contribution in [2.24, 2.45) is 0 Å². The molecule has 1 N–H and O–H groups in total. The largest absolute Gasteiger partial charge is 0.573 e. The molecule has 10 heteroatoms. The molecule has 0 spiro atoms. The van der Waals surface area contributed by atoms with Gasteiger partial charge in [-0.05, 0) is 48.5 Å². The summed E-state index contributed by atoms with van der Waals surface area (Å²) < 4.78 is 40.2. The Balaban J connectivity index is 1.51. The van der Waals surface area contributed by atoms with Gasteiger partial charge in [0, 0.05) is 16.3 Å². The molecular formula is C19H13ClF3N3O2S. The zero-order chi connectivity index (χ0) is 20.9. The van der Waals surface area contributed by atoms with E-state index in [1.165, 1.54) is 23.9 Å². The number of hydrogen-bond donors (Lipinski definition) is 1. The van der Waals surface area contributed by atoms with Gasteiger partial charge in [0.15, 0.2) is 0 Å². The van der Waals surface area contributed by atoms with Gasteiger partial charge in [0.05, 0.1) is 11.4 Å². The van der Waals surface area contributed by atoms with Crippen LogP contribution in [-0.4, -0.2) is 28.2 Å². The monoisotopic (exact) mass is 439 g/mol. The van der Waals surface area contributed by atoms with Gasteiger partial charge in [0.25, 0.3) is 0 Å². The number of carbonyl (C=O) groups excluding carboxylic acids is 1. The molecule has 0 unspecified atom stereocenters. The average Bonchev–Trinajstić information content (AvgIpc) is 2.68. The van der Waals surface area contributed by atoms with E-state index in [-0.39, 0.29) is 17.4 Å². The van der Waals surface area contributed by atoms with Gasteiger partial charge in [0.1, 0.15) is 10.8 Å². The first kappa shape index (κ1) is 20.9. The van der Waals surface area contributed by atoms with Crippen molar-refractivity contribution >= 4 is 35.0 Å². The van der Waals surface area contributed by atoms with E-state index in [0.29, 0.717) is 21.4 Å². The van der Waals surface area contributed by atoms with E-state index in [1.54, 1.807) is 24.3 Å². The summed E-state index contributed by atoms with van der Waals surface area (Å²) in [6.45, 7) is 0. The van der Waals surface area contributed by atoms with Crippen LogP contribution in [0.4, 0.5) is 18.9 Å². The number of halogens is 4. The summed E-state index contributed by atoms with van der Waals surface area (Å²) in [5.41, 5.74) is 1.90. The van der Waals surface area contributed by atoms with Crippen LogP contribution in [0.5, 0.6) is 5.75 Å². The average molecular weight is 440 g/mol.